The average Bonchev–Trinajstić information content (AvgIpc) is 2.47. The van der Waals surface area contributed by atoms with Gasteiger partial charge < -0.3 is 9.84 Å². The summed E-state index contributed by atoms with van der Waals surface area (Å²) < 4.78 is 6.10. The molecular weight excluding hydrogens is 320 g/mol. The van der Waals surface area contributed by atoms with Gasteiger partial charge in [-0.1, -0.05) is 46.3 Å². The van der Waals surface area contributed by atoms with Crippen LogP contribution in [0.15, 0.2) is 53.0 Å². The maximum Gasteiger partial charge on any atom is 0.170 e. The fraction of sp³-hybridized carbons (Fsp3) is 0.188. The summed E-state index contributed by atoms with van der Waals surface area (Å²) in [5, 5.41) is 10.1. The standard InChI is InChI=1S/C16H15BrO3/c1-20-15-8-7-13(17)9-12(15)10-14(18)16(19)11-5-3-2-4-6-11/h2-9,16,19H,10H2,1H3. The van der Waals surface area contributed by atoms with Crippen molar-refractivity contribution in [1.29, 1.82) is 0 Å². The largest absolute Gasteiger partial charge is 0.496 e. The fourth-order valence-electron chi connectivity index (χ4n) is 1.99. The molecule has 0 spiro atoms. The number of methoxy groups -OCH3 is 1. The molecule has 3 nitrogen and oxygen atoms in total. The number of carbonyl (C=O) groups is 1. The van der Waals surface area contributed by atoms with Gasteiger partial charge in [-0.2, -0.15) is 0 Å². The summed E-state index contributed by atoms with van der Waals surface area (Å²) in [6.45, 7) is 0. The second-order valence-corrected chi connectivity index (χ2v) is 5.33. The lowest BCUT2D eigenvalue weighted by molar-refractivity contribution is -0.126. The molecule has 2 aromatic carbocycles. The molecule has 1 unspecified atom stereocenters. The number of ketones is 1. The summed E-state index contributed by atoms with van der Waals surface area (Å²) in [6, 6.07) is 14.4. The fourth-order valence-corrected chi connectivity index (χ4v) is 2.40. The van der Waals surface area contributed by atoms with Crippen LogP contribution in [0.25, 0.3) is 0 Å². The highest BCUT2D eigenvalue weighted by Gasteiger charge is 2.19. The molecule has 0 aliphatic heterocycles. The molecule has 0 radical (unpaired) electrons. The van der Waals surface area contributed by atoms with Gasteiger partial charge >= 0.3 is 0 Å². The molecule has 0 aliphatic carbocycles. The molecule has 0 aliphatic rings. The minimum absolute atomic E-state index is 0.124. The van der Waals surface area contributed by atoms with Crippen LogP contribution >= 0.6 is 15.9 Å². The lowest BCUT2D eigenvalue weighted by Crippen LogP contribution is -2.15. The molecule has 2 aromatic rings. The number of aliphatic hydroxyl groups is 1. The van der Waals surface area contributed by atoms with Gasteiger partial charge in [0.05, 0.1) is 7.11 Å². The SMILES string of the molecule is COc1ccc(Br)cc1CC(=O)C(O)c1ccccc1. The summed E-state index contributed by atoms with van der Waals surface area (Å²) in [5.74, 6) is 0.384. The molecule has 0 bridgehead atoms. The monoisotopic (exact) mass is 334 g/mol. The number of hydrogen-bond acceptors (Lipinski definition) is 3. The number of halogens is 1. The van der Waals surface area contributed by atoms with Crippen LogP contribution in [-0.4, -0.2) is 18.0 Å². The Labute approximate surface area is 126 Å². The zero-order chi connectivity index (χ0) is 14.5. The Bertz CT molecular complexity index is 596. The van der Waals surface area contributed by atoms with Crippen LogP contribution in [0.4, 0.5) is 0 Å². The molecule has 104 valence electrons. The average molecular weight is 335 g/mol. The number of ether oxygens (including phenoxy) is 1. The first kappa shape index (κ1) is 14.8. The third-order valence-electron chi connectivity index (χ3n) is 3.03. The van der Waals surface area contributed by atoms with E-state index in [-0.39, 0.29) is 12.2 Å². The Morgan fingerprint density at radius 2 is 1.95 bits per heavy atom. The predicted octanol–water partition coefficient (Wildman–Crippen LogP) is 3.30. The summed E-state index contributed by atoms with van der Waals surface area (Å²) in [7, 11) is 1.56. The molecule has 0 fully saturated rings. The Kier molecular flexibility index (Phi) is 4.93. The maximum atomic E-state index is 12.2. The van der Waals surface area contributed by atoms with Crippen LogP contribution in [0.1, 0.15) is 17.2 Å². The smallest absolute Gasteiger partial charge is 0.170 e. The van der Waals surface area contributed by atoms with Crippen LogP contribution in [-0.2, 0) is 11.2 Å². The van der Waals surface area contributed by atoms with E-state index >= 15 is 0 Å². The molecule has 0 heterocycles. The first-order valence-corrected chi connectivity index (χ1v) is 6.99. The molecule has 1 N–H and O–H groups in total. The molecule has 0 aromatic heterocycles. The van der Waals surface area contributed by atoms with Crippen LogP contribution < -0.4 is 4.74 Å². The summed E-state index contributed by atoms with van der Waals surface area (Å²) in [5.41, 5.74) is 1.35. The molecule has 2 rings (SSSR count). The first-order valence-electron chi connectivity index (χ1n) is 6.20. The van der Waals surface area contributed by atoms with Gasteiger partial charge in [0.1, 0.15) is 11.9 Å². The Morgan fingerprint density at radius 3 is 2.60 bits per heavy atom. The molecule has 20 heavy (non-hydrogen) atoms. The summed E-state index contributed by atoms with van der Waals surface area (Å²) >= 11 is 3.37. The third kappa shape index (κ3) is 3.46. The van der Waals surface area contributed by atoms with Crippen molar-refractivity contribution in [3.05, 3.63) is 64.1 Å². The van der Waals surface area contributed by atoms with E-state index < -0.39 is 6.10 Å². The Hall–Kier alpha value is -1.65. The highest BCUT2D eigenvalue weighted by Crippen LogP contribution is 2.25. The van der Waals surface area contributed by atoms with Crippen molar-refractivity contribution in [2.45, 2.75) is 12.5 Å². The Morgan fingerprint density at radius 1 is 1.25 bits per heavy atom. The predicted molar refractivity (Wildman–Crippen MR) is 80.8 cm³/mol. The number of rotatable bonds is 5. The zero-order valence-electron chi connectivity index (χ0n) is 11.0. The Balaban J connectivity index is 2.18. The van der Waals surface area contributed by atoms with Crippen LogP contribution in [0.3, 0.4) is 0 Å². The second-order valence-electron chi connectivity index (χ2n) is 4.41. The van der Waals surface area contributed by atoms with Crippen molar-refractivity contribution >= 4 is 21.7 Å². The van der Waals surface area contributed by atoms with Gasteiger partial charge in [-0.25, -0.2) is 0 Å². The summed E-state index contributed by atoms with van der Waals surface area (Å²) in [4.78, 5) is 12.2. The number of hydrogen-bond donors (Lipinski definition) is 1. The van der Waals surface area contributed by atoms with Gasteiger partial charge in [0, 0.05) is 16.5 Å². The number of benzene rings is 2. The highest BCUT2D eigenvalue weighted by molar-refractivity contribution is 9.10. The van der Waals surface area contributed by atoms with E-state index in [1.165, 1.54) is 0 Å². The number of aliphatic hydroxyl groups excluding tert-OH is 1. The van der Waals surface area contributed by atoms with Crippen molar-refractivity contribution in [3.63, 3.8) is 0 Å². The zero-order valence-corrected chi connectivity index (χ0v) is 12.6. The van der Waals surface area contributed by atoms with E-state index in [9.17, 15) is 9.90 Å². The molecule has 4 heteroatoms. The van der Waals surface area contributed by atoms with Crippen LogP contribution in [0.5, 0.6) is 5.75 Å². The van der Waals surface area contributed by atoms with E-state index in [1.807, 2.05) is 18.2 Å². The maximum absolute atomic E-state index is 12.2. The molecule has 0 saturated heterocycles. The number of Topliss-reactive ketones (excluding diaryl/α,β-unsaturated/α-hetero) is 1. The molecule has 0 amide bonds. The topological polar surface area (TPSA) is 46.5 Å². The second kappa shape index (κ2) is 6.68. The van der Waals surface area contributed by atoms with Crippen molar-refractivity contribution in [1.82, 2.24) is 0 Å². The van der Waals surface area contributed by atoms with Crippen molar-refractivity contribution in [2.24, 2.45) is 0 Å². The van der Waals surface area contributed by atoms with E-state index in [2.05, 4.69) is 15.9 Å². The van der Waals surface area contributed by atoms with Crippen molar-refractivity contribution < 1.29 is 14.6 Å². The van der Waals surface area contributed by atoms with Crippen LogP contribution in [0.2, 0.25) is 0 Å². The van der Waals surface area contributed by atoms with E-state index in [0.717, 1.165) is 10.0 Å². The summed E-state index contributed by atoms with van der Waals surface area (Å²) in [6.07, 6.45) is -0.988. The normalized spacial score (nSPS) is 11.9. The molecule has 0 saturated carbocycles. The highest BCUT2D eigenvalue weighted by atomic mass is 79.9. The first-order chi connectivity index (χ1) is 9.61. The molecular formula is C16H15BrO3. The third-order valence-corrected chi connectivity index (χ3v) is 3.52. The number of carbonyl (C=O) groups excluding carboxylic acids is 1. The quantitative estimate of drug-likeness (QED) is 0.912. The van der Waals surface area contributed by atoms with Crippen molar-refractivity contribution in [2.75, 3.05) is 7.11 Å². The van der Waals surface area contributed by atoms with E-state index in [0.29, 0.717) is 11.3 Å². The van der Waals surface area contributed by atoms with Crippen LogP contribution in [0, 0.1) is 0 Å². The van der Waals surface area contributed by atoms with Gasteiger partial charge in [0.25, 0.3) is 0 Å². The minimum atomic E-state index is -1.11. The van der Waals surface area contributed by atoms with Crippen molar-refractivity contribution in [3.8, 4) is 5.75 Å². The van der Waals surface area contributed by atoms with Gasteiger partial charge in [0.15, 0.2) is 5.78 Å². The lowest BCUT2D eigenvalue weighted by Gasteiger charge is -2.12. The van der Waals surface area contributed by atoms with E-state index in [4.69, 9.17) is 4.74 Å². The van der Waals surface area contributed by atoms with Gasteiger partial charge in [0.2, 0.25) is 0 Å². The lowest BCUT2D eigenvalue weighted by atomic mass is 9.99. The van der Waals surface area contributed by atoms with E-state index in [1.54, 1.807) is 37.4 Å². The minimum Gasteiger partial charge on any atom is -0.496 e. The van der Waals surface area contributed by atoms with Gasteiger partial charge in [-0.15, -0.1) is 0 Å². The van der Waals surface area contributed by atoms with Gasteiger partial charge in [-0.3, -0.25) is 4.79 Å². The van der Waals surface area contributed by atoms with Gasteiger partial charge in [-0.05, 0) is 23.8 Å². The molecule has 1 atom stereocenters.